The van der Waals surface area contributed by atoms with E-state index in [1.54, 1.807) is 12.1 Å². The molecule has 0 saturated heterocycles. The molecule has 0 unspecified atom stereocenters. The van der Waals surface area contributed by atoms with Crippen molar-refractivity contribution < 1.29 is 13.9 Å². The van der Waals surface area contributed by atoms with Crippen molar-refractivity contribution in [3.8, 4) is 11.6 Å². The van der Waals surface area contributed by atoms with E-state index in [2.05, 4.69) is 4.98 Å². The first-order valence-electron chi connectivity index (χ1n) is 6.15. The Morgan fingerprint density at radius 1 is 1.14 bits per heavy atom. The predicted molar refractivity (Wildman–Crippen MR) is 78.6 cm³/mol. The number of pyridine rings is 1. The van der Waals surface area contributed by atoms with E-state index in [1.807, 2.05) is 18.2 Å². The summed E-state index contributed by atoms with van der Waals surface area (Å²) in [5.74, 6) is -0.240. The second-order valence-electron chi connectivity index (χ2n) is 4.37. The van der Waals surface area contributed by atoms with Crippen molar-refractivity contribution in [1.29, 1.82) is 0 Å². The van der Waals surface area contributed by atoms with Gasteiger partial charge in [0.25, 0.3) is 0 Å². The van der Waals surface area contributed by atoms with E-state index in [4.69, 9.17) is 16.3 Å². The summed E-state index contributed by atoms with van der Waals surface area (Å²) >= 11 is 5.62. The zero-order valence-corrected chi connectivity index (χ0v) is 11.5. The minimum Gasteiger partial charge on any atom is -0.438 e. The zero-order chi connectivity index (χ0) is 14.8. The van der Waals surface area contributed by atoms with Gasteiger partial charge in [-0.3, -0.25) is 4.79 Å². The molecule has 0 N–H and O–H groups in total. The number of fused-ring (bicyclic) bond motifs is 1. The number of halogens is 2. The largest absolute Gasteiger partial charge is 0.438 e. The van der Waals surface area contributed by atoms with Crippen molar-refractivity contribution in [1.82, 2.24) is 4.98 Å². The van der Waals surface area contributed by atoms with Crippen molar-refractivity contribution in [2.45, 2.75) is 0 Å². The number of aldehydes is 1. The molecule has 0 aliphatic heterocycles. The molecule has 0 fully saturated rings. The first-order valence-corrected chi connectivity index (χ1v) is 6.53. The van der Waals surface area contributed by atoms with Crippen LogP contribution in [-0.2, 0) is 0 Å². The number of rotatable bonds is 3. The Hall–Kier alpha value is -2.46. The quantitative estimate of drug-likeness (QED) is 0.662. The molecule has 0 aliphatic carbocycles. The molecule has 104 valence electrons. The van der Waals surface area contributed by atoms with Crippen molar-refractivity contribution in [2.24, 2.45) is 0 Å². The number of carbonyl (C=O) groups excluding carboxylic acids is 1. The number of benzene rings is 2. The molecule has 3 aromatic rings. The lowest BCUT2D eigenvalue weighted by Crippen LogP contribution is -1.95. The Labute approximate surface area is 124 Å². The van der Waals surface area contributed by atoms with Crippen LogP contribution in [0.4, 0.5) is 4.39 Å². The van der Waals surface area contributed by atoms with Crippen molar-refractivity contribution in [3.05, 3.63) is 64.9 Å². The maximum Gasteiger partial charge on any atom is 0.230 e. The standard InChI is InChI=1S/C16H9ClFNO2/c17-13-6-5-12(8-14(13)18)21-16-11(9-20)7-10-3-1-2-4-15(10)19-16/h1-9H. The maximum atomic E-state index is 13.4. The van der Waals surface area contributed by atoms with Gasteiger partial charge in [0.05, 0.1) is 16.1 Å². The average Bonchev–Trinajstić information content (AvgIpc) is 2.50. The second-order valence-corrected chi connectivity index (χ2v) is 4.78. The summed E-state index contributed by atoms with van der Waals surface area (Å²) in [4.78, 5) is 15.5. The lowest BCUT2D eigenvalue weighted by molar-refractivity contribution is 0.112. The molecule has 0 atom stereocenters. The van der Waals surface area contributed by atoms with Gasteiger partial charge in [-0.2, -0.15) is 0 Å². The average molecular weight is 302 g/mol. The number of hydrogen-bond donors (Lipinski definition) is 0. The smallest absolute Gasteiger partial charge is 0.230 e. The van der Waals surface area contributed by atoms with Crippen LogP contribution in [0.15, 0.2) is 48.5 Å². The molecular weight excluding hydrogens is 293 g/mol. The van der Waals surface area contributed by atoms with Crippen LogP contribution in [0.1, 0.15) is 10.4 Å². The molecule has 0 saturated carbocycles. The van der Waals surface area contributed by atoms with Crippen LogP contribution < -0.4 is 4.74 Å². The van der Waals surface area contributed by atoms with Crippen molar-refractivity contribution in [3.63, 3.8) is 0 Å². The van der Waals surface area contributed by atoms with Crippen molar-refractivity contribution in [2.75, 3.05) is 0 Å². The van der Waals surface area contributed by atoms with Crippen LogP contribution in [0.2, 0.25) is 5.02 Å². The fourth-order valence-electron chi connectivity index (χ4n) is 1.93. The Balaban J connectivity index is 2.06. The van der Waals surface area contributed by atoms with Crippen LogP contribution in [0, 0.1) is 5.82 Å². The van der Waals surface area contributed by atoms with Gasteiger partial charge in [0.1, 0.15) is 11.6 Å². The summed E-state index contributed by atoms with van der Waals surface area (Å²) in [7, 11) is 0. The second kappa shape index (κ2) is 5.50. The minimum atomic E-state index is -0.595. The normalized spacial score (nSPS) is 10.6. The van der Waals surface area contributed by atoms with Gasteiger partial charge < -0.3 is 4.74 Å². The molecule has 0 bridgehead atoms. The van der Waals surface area contributed by atoms with Gasteiger partial charge in [-0.1, -0.05) is 29.8 Å². The van der Waals surface area contributed by atoms with Gasteiger partial charge in [0, 0.05) is 11.5 Å². The van der Waals surface area contributed by atoms with Crippen LogP contribution in [0.25, 0.3) is 10.9 Å². The number of hydrogen-bond acceptors (Lipinski definition) is 3. The van der Waals surface area contributed by atoms with Gasteiger partial charge >= 0.3 is 0 Å². The van der Waals surface area contributed by atoms with Crippen LogP contribution in [0.5, 0.6) is 11.6 Å². The van der Waals surface area contributed by atoms with Crippen LogP contribution in [-0.4, -0.2) is 11.3 Å². The molecule has 0 amide bonds. The molecule has 2 aromatic carbocycles. The Kier molecular flexibility index (Phi) is 3.54. The van der Waals surface area contributed by atoms with Crippen LogP contribution >= 0.6 is 11.6 Å². The molecule has 0 aliphatic rings. The maximum absolute atomic E-state index is 13.4. The number of aromatic nitrogens is 1. The van der Waals surface area contributed by atoms with Gasteiger partial charge in [0.2, 0.25) is 5.88 Å². The summed E-state index contributed by atoms with van der Waals surface area (Å²) in [5.41, 5.74) is 0.983. The fourth-order valence-corrected chi connectivity index (χ4v) is 2.05. The number of para-hydroxylation sites is 1. The van der Waals surface area contributed by atoms with E-state index in [0.717, 1.165) is 11.5 Å². The third kappa shape index (κ3) is 2.71. The number of nitrogens with zero attached hydrogens (tertiary/aromatic N) is 1. The minimum absolute atomic E-state index is 0.00410. The Bertz CT molecular complexity index is 836. The van der Waals surface area contributed by atoms with E-state index in [9.17, 15) is 9.18 Å². The zero-order valence-electron chi connectivity index (χ0n) is 10.7. The van der Waals surface area contributed by atoms with E-state index in [0.29, 0.717) is 17.4 Å². The first-order chi connectivity index (χ1) is 10.2. The van der Waals surface area contributed by atoms with E-state index in [-0.39, 0.29) is 16.7 Å². The third-order valence-electron chi connectivity index (χ3n) is 2.95. The molecule has 0 spiro atoms. The van der Waals surface area contributed by atoms with Gasteiger partial charge in [-0.25, -0.2) is 9.37 Å². The number of carbonyl (C=O) groups is 1. The summed E-state index contributed by atoms with van der Waals surface area (Å²) < 4.78 is 18.9. The van der Waals surface area contributed by atoms with Crippen LogP contribution in [0.3, 0.4) is 0 Å². The highest BCUT2D eigenvalue weighted by atomic mass is 35.5. The highest BCUT2D eigenvalue weighted by Crippen LogP contribution is 2.28. The van der Waals surface area contributed by atoms with E-state index < -0.39 is 5.82 Å². The topological polar surface area (TPSA) is 39.2 Å². The molecule has 1 aromatic heterocycles. The Morgan fingerprint density at radius 3 is 2.71 bits per heavy atom. The first kappa shape index (κ1) is 13.5. The summed E-state index contributed by atoms with van der Waals surface area (Å²) in [6.45, 7) is 0. The lowest BCUT2D eigenvalue weighted by Gasteiger charge is -2.09. The molecule has 5 heteroatoms. The fraction of sp³-hybridized carbons (Fsp3) is 0. The highest BCUT2D eigenvalue weighted by molar-refractivity contribution is 6.30. The van der Waals surface area contributed by atoms with Crippen molar-refractivity contribution >= 4 is 28.8 Å². The van der Waals surface area contributed by atoms with Gasteiger partial charge in [-0.15, -0.1) is 0 Å². The van der Waals surface area contributed by atoms with E-state index in [1.165, 1.54) is 12.1 Å². The highest BCUT2D eigenvalue weighted by Gasteiger charge is 2.10. The SMILES string of the molecule is O=Cc1cc2ccccc2nc1Oc1ccc(Cl)c(F)c1. The van der Waals surface area contributed by atoms with Gasteiger partial charge in [-0.05, 0) is 24.3 Å². The molecule has 0 radical (unpaired) electrons. The summed E-state index contributed by atoms with van der Waals surface area (Å²) in [5, 5.41) is 0.832. The number of ether oxygens (including phenoxy) is 1. The lowest BCUT2D eigenvalue weighted by atomic mass is 10.1. The van der Waals surface area contributed by atoms with E-state index >= 15 is 0 Å². The molecule has 21 heavy (non-hydrogen) atoms. The molecule has 1 heterocycles. The van der Waals surface area contributed by atoms with Gasteiger partial charge in [0.15, 0.2) is 6.29 Å². The third-order valence-corrected chi connectivity index (χ3v) is 3.26. The molecular formula is C16H9ClFNO2. The Morgan fingerprint density at radius 2 is 1.95 bits per heavy atom. The summed E-state index contributed by atoms with van der Waals surface area (Å²) in [6.07, 6.45) is 0.654. The monoisotopic (exact) mass is 301 g/mol. The molecule has 3 rings (SSSR count). The molecule has 3 nitrogen and oxygen atoms in total. The summed E-state index contributed by atoms with van der Waals surface area (Å²) in [6, 6.07) is 13.1. The predicted octanol–water partition coefficient (Wildman–Crippen LogP) is 4.63.